The second-order valence-corrected chi connectivity index (χ2v) is 4.07. The van der Waals surface area contributed by atoms with E-state index in [4.69, 9.17) is 0 Å². The van der Waals surface area contributed by atoms with E-state index < -0.39 is 0 Å². The molecular formula is C11H13FO. The second-order valence-electron chi connectivity index (χ2n) is 4.07. The van der Waals surface area contributed by atoms with Gasteiger partial charge in [-0.25, -0.2) is 4.39 Å². The summed E-state index contributed by atoms with van der Waals surface area (Å²) < 4.78 is 13.3. The first-order valence-corrected chi connectivity index (χ1v) is 4.78. The standard InChI is InChI=1S/C11H13FO/c1-7-2-3-10-8(4-7)5-9(13)6-11(10)12/h6-7H,2-5H2,1H3. The molecule has 2 heteroatoms. The van der Waals surface area contributed by atoms with Gasteiger partial charge in [0.25, 0.3) is 0 Å². The summed E-state index contributed by atoms with van der Waals surface area (Å²) in [5.41, 5.74) is 1.86. The highest BCUT2D eigenvalue weighted by atomic mass is 19.1. The van der Waals surface area contributed by atoms with Crippen LogP contribution in [0.25, 0.3) is 0 Å². The van der Waals surface area contributed by atoms with Crippen LogP contribution in [0.1, 0.15) is 32.6 Å². The summed E-state index contributed by atoms with van der Waals surface area (Å²) in [5.74, 6) is 0.251. The number of ketones is 1. The fourth-order valence-electron chi connectivity index (χ4n) is 2.17. The van der Waals surface area contributed by atoms with Crippen LogP contribution in [0.3, 0.4) is 0 Å². The van der Waals surface area contributed by atoms with Crippen molar-refractivity contribution >= 4 is 5.78 Å². The van der Waals surface area contributed by atoms with Crippen LogP contribution in [0.15, 0.2) is 23.0 Å². The molecule has 70 valence electrons. The van der Waals surface area contributed by atoms with E-state index in [2.05, 4.69) is 6.92 Å². The Morgan fingerprint density at radius 1 is 1.54 bits per heavy atom. The minimum Gasteiger partial charge on any atom is -0.294 e. The van der Waals surface area contributed by atoms with E-state index in [-0.39, 0.29) is 11.6 Å². The van der Waals surface area contributed by atoms with Gasteiger partial charge < -0.3 is 0 Å². The Labute approximate surface area is 77.3 Å². The smallest absolute Gasteiger partial charge is 0.162 e. The first kappa shape index (κ1) is 8.67. The molecule has 1 atom stereocenters. The first-order valence-electron chi connectivity index (χ1n) is 4.78. The molecular weight excluding hydrogens is 167 g/mol. The molecule has 2 aliphatic rings. The molecule has 0 spiro atoms. The van der Waals surface area contributed by atoms with Crippen molar-refractivity contribution in [3.63, 3.8) is 0 Å². The highest BCUT2D eigenvalue weighted by Gasteiger charge is 2.25. The molecule has 0 fully saturated rings. The van der Waals surface area contributed by atoms with Crippen molar-refractivity contribution < 1.29 is 9.18 Å². The van der Waals surface area contributed by atoms with Crippen LogP contribution in [0.2, 0.25) is 0 Å². The Hall–Kier alpha value is -0.920. The van der Waals surface area contributed by atoms with Gasteiger partial charge in [0, 0.05) is 12.5 Å². The highest BCUT2D eigenvalue weighted by Crippen LogP contribution is 2.37. The van der Waals surface area contributed by atoms with E-state index in [0.29, 0.717) is 12.3 Å². The zero-order chi connectivity index (χ0) is 9.42. The lowest BCUT2D eigenvalue weighted by Crippen LogP contribution is -2.14. The maximum Gasteiger partial charge on any atom is 0.162 e. The summed E-state index contributed by atoms with van der Waals surface area (Å²) in [6.07, 6.45) is 4.37. The molecule has 1 nitrogen and oxygen atoms in total. The monoisotopic (exact) mass is 180 g/mol. The summed E-state index contributed by atoms with van der Waals surface area (Å²) in [6, 6.07) is 0. The third-order valence-electron chi connectivity index (χ3n) is 2.87. The molecule has 0 bridgehead atoms. The van der Waals surface area contributed by atoms with Gasteiger partial charge in [-0.1, -0.05) is 12.5 Å². The number of carbonyl (C=O) groups excluding carboxylic acids is 1. The lowest BCUT2D eigenvalue weighted by atomic mass is 9.80. The van der Waals surface area contributed by atoms with Crippen LogP contribution in [0.5, 0.6) is 0 Å². The van der Waals surface area contributed by atoms with E-state index in [9.17, 15) is 9.18 Å². The van der Waals surface area contributed by atoms with Gasteiger partial charge >= 0.3 is 0 Å². The quantitative estimate of drug-likeness (QED) is 0.560. The van der Waals surface area contributed by atoms with Crippen LogP contribution >= 0.6 is 0 Å². The van der Waals surface area contributed by atoms with Gasteiger partial charge in [0.15, 0.2) is 5.78 Å². The maximum atomic E-state index is 13.3. The topological polar surface area (TPSA) is 17.1 Å². The average Bonchev–Trinajstić information content (AvgIpc) is 2.02. The van der Waals surface area contributed by atoms with Crippen LogP contribution in [0, 0.1) is 5.92 Å². The average molecular weight is 180 g/mol. The largest absolute Gasteiger partial charge is 0.294 e. The molecule has 0 aliphatic heterocycles. The van der Waals surface area contributed by atoms with Crippen molar-refractivity contribution in [2.24, 2.45) is 5.92 Å². The molecule has 2 aliphatic carbocycles. The summed E-state index contributed by atoms with van der Waals surface area (Å²) in [5, 5.41) is 0. The zero-order valence-corrected chi connectivity index (χ0v) is 7.77. The molecule has 0 aromatic carbocycles. The van der Waals surface area contributed by atoms with Crippen molar-refractivity contribution in [3.05, 3.63) is 23.0 Å². The molecule has 1 unspecified atom stereocenters. The summed E-state index contributed by atoms with van der Waals surface area (Å²) in [6.45, 7) is 2.16. The molecule has 0 aromatic rings. The molecule has 0 radical (unpaired) electrons. The number of carbonyl (C=O) groups is 1. The third-order valence-corrected chi connectivity index (χ3v) is 2.87. The number of hydrogen-bond acceptors (Lipinski definition) is 1. The highest BCUT2D eigenvalue weighted by molar-refractivity contribution is 5.94. The molecule has 2 rings (SSSR count). The fraction of sp³-hybridized carbons (Fsp3) is 0.545. The minimum absolute atomic E-state index is 0.0784. The second kappa shape index (κ2) is 3.09. The van der Waals surface area contributed by atoms with Crippen molar-refractivity contribution in [1.82, 2.24) is 0 Å². The molecule has 0 N–H and O–H groups in total. The molecule has 0 saturated heterocycles. The van der Waals surface area contributed by atoms with Crippen molar-refractivity contribution in [3.8, 4) is 0 Å². The van der Waals surface area contributed by atoms with E-state index in [1.807, 2.05) is 0 Å². The lowest BCUT2D eigenvalue weighted by molar-refractivity contribution is -0.114. The van der Waals surface area contributed by atoms with E-state index in [0.717, 1.165) is 36.5 Å². The summed E-state index contributed by atoms with van der Waals surface area (Å²) >= 11 is 0. The van der Waals surface area contributed by atoms with Crippen LogP contribution in [-0.2, 0) is 4.79 Å². The van der Waals surface area contributed by atoms with Crippen LogP contribution in [0.4, 0.5) is 4.39 Å². The summed E-state index contributed by atoms with van der Waals surface area (Å²) in [7, 11) is 0. The van der Waals surface area contributed by atoms with Gasteiger partial charge in [-0.15, -0.1) is 0 Å². The maximum absolute atomic E-state index is 13.3. The van der Waals surface area contributed by atoms with Crippen LogP contribution in [-0.4, -0.2) is 5.78 Å². The number of allylic oxidation sites excluding steroid dienone is 4. The van der Waals surface area contributed by atoms with E-state index in [1.165, 1.54) is 0 Å². The molecule has 0 saturated carbocycles. The van der Waals surface area contributed by atoms with Crippen molar-refractivity contribution in [2.75, 3.05) is 0 Å². The van der Waals surface area contributed by atoms with Gasteiger partial charge in [-0.2, -0.15) is 0 Å². The van der Waals surface area contributed by atoms with Crippen LogP contribution < -0.4 is 0 Å². The summed E-state index contributed by atoms with van der Waals surface area (Å²) in [4.78, 5) is 11.1. The van der Waals surface area contributed by atoms with Crippen molar-refractivity contribution in [2.45, 2.75) is 32.6 Å². The predicted molar refractivity (Wildman–Crippen MR) is 48.9 cm³/mol. The Morgan fingerprint density at radius 2 is 2.31 bits per heavy atom. The van der Waals surface area contributed by atoms with Gasteiger partial charge in [0.2, 0.25) is 0 Å². The Kier molecular flexibility index (Phi) is 2.06. The lowest BCUT2D eigenvalue weighted by Gasteiger charge is -2.25. The fourth-order valence-corrected chi connectivity index (χ4v) is 2.17. The van der Waals surface area contributed by atoms with Gasteiger partial charge in [0.05, 0.1) is 0 Å². The number of rotatable bonds is 0. The Morgan fingerprint density at radius 3 is 3.08 bits per heavy atom. The Bertz CT molecular complexity index is 312. The van der Waals surface area contributed by atoms with E-state index in [1.54, 1.807) is 0 Å². The van der Waals surface area contributed by atoms with E-state index >= 15 is 0 Å². The minimum atomic E-state index is -0.279. The molecule has 13 heavy (non-hydrogen) atoms. The van der Waals surface area contributed by atoms with Crippen molar-refractivity contribution in [1.29, 1.82) is 0 Å². The van der Waals surface area contributed by atoms with Gasteiger partial charge in [-0.05, 0) is 30.8 Å². The molecule has 0 amide bonds. The van der Waals surface area contributed by atoms with Gasteiger partial charge in [0.1, 0.15) is 5.83 Å². The Balaban J connectivity index is 2.32. The predicted octanol–water partition coefficient (Wildman–Crippen LogP) is 2.93. The number of hydrogen-bond donors (Lipinski definition) is 0. The third kappa shape index (κ3) is 1.58. The first-order chi connectivity index (χ1) is 6.16. The SMILES string of the molecule is CC1CCC2=C(CC(=O)C=C2F)C1. The number of halogens is 1. The molecule has 0 aromatic heterocycles. The molecule has 0 heterocycles. The van der Waals surface area contributed by atoms with Gasteiger partial charge in [-0.3, -0.25) is 4.79 Å². The normalized spacial score (nSPS) is 28.6. The zero-order valence-electron chi connectivity index (χ0n) is 7.77.